The zero-order valence-electron chi connectivity index (χ0n) is 17.2. The van der Waals surface area contributed by atoms with Gasteiger partial charge in [0.2, 0.25) is 10.7 Å². The van der Waals surface area contributed by atoms with Crippen molar-refractivity contribution in [1.82, 2.24) is 14.5 Å². The first-order valence-corrected chi connectivity index (χ1v) is 10.6. The van der Waals surface area contributed by atoms with Crippen LogP contribution in [0.1, 0.15) is 36.9 Å². The van der Waals surface area contributed by atoms with E-state index < -0.39 is 0 Å². The van der Waals surface area contributed by atoms with E-state index in [1.54, 1.807) is 12.3 Å². The maximum Gasteiger partial charge on any atom is 0.224 e. The van der Waals surface area contributed by atoms with Crippen LogP contribution in [-0.4, -0.2) is 21.1 Å². The lowest BCUT2D eigenvalue weighted by atomic mass is 10.2. The number of pyridine rings is 1. The van der Waals surface area contributed by atoms with Crippen LogP contribution in [0.2, 0.25) is 5.28 Å². The molecule has 0 atom stereocenters. The number of unbranched alkanes of at least 4 members (excludes halogenated alkanes) is 3. The highest BCUT2D eigenvalue weighted by Crippen LogP contribution is 2.15. The molecule has 0 bridgehead atoms. The molecule has 30 heavy (non-hydrogen) atoms. The first-order chi connectivity index (χ1) is 14.6. The summed E-state index contributed by atoms with van der Waals surface area (Å²) < 4.78 is 7.94. The van der Waals surface area contributed by atoms with Crippen molar-refractivity contribution in [2.75, 3.05) is 11.9 Å². The number of hydrogen-bond donors (Lipinski definition) is 1. The van der Waals surface area contributed by atoms with E-state index in [0.29, 0.717) is 12.4 Å². The van der Waals surface area contributed by atoms with Gasteiger partial charge in [-0.2, -0.15) is 0 Å². The summed E-state index contributed by atoms with van der Waals surface area (Å²) in [4.78, 5) is 20.2. The molecule has 158 valence electrons. The van der Waals surface area contributed by atoms with E-state index in [1.165, 1.54) is 0 Å². The van der Waals surface area contributed by atoms with E-state index in [2.05, 4.69) is 19.9 Å². The van der Waals surface area contributed by atoms with Gasteiger partial charge < -0.3 is 14.6 Å². The number of rotatable bonds is 11. The lowest BCUT2D eigenvalue weighted by Gasteiger charge is -2.15. The van der Waals surface area contributed by atoms with Crippen molar-refractivity contribution < 1.29 is 4.74 Å². The van der Waals surface area contributed by atoms with Crippen molar-refractivity contribution in [3.05, 3.63) is 81.6 Å². The molecule has 0 aliphatic heterocycles. The van der Waals surface area contributed by atoms with Gasteiger partial charge in [-0.15, -0.1) is 0 Å². The predicted molar refractivity (Wildman–Crippen MR) is 120 cm³/mol. The number of aryl methyl sites for hydroxylation is 1. The van der Waals surface area contributed by atoms with Gasteiger partial charge in [0.1, 0.15) is 12.4 Å². The number of anilines is 1. The molecular formula is C23H27ClN4O2. The fourth-order valence-electron chi connectivity index (χ4n) is 3.21. The fourth-order valence-corrected chi connectivity index (χ4v) is 3.36. The molecule has 0 spiro atoms. The first kappa shape index (κ1) is 21.8. The summed E-state index contributed by atoms with van der Waals surface area (Å²) in [7, 11) is 0. The molecule has 3 rings (SSSR count). The molecule has 0 saturated heterocycles. The fraction of sp³-hybridized carbons (Fsp3) is 0.348. The van der Waals surface area contributed by atoms with Crippen LogP contribution in [0, 0.1) is 6.92 Å². The van der Waals surface area contributed by atoms with Gasteiger partial charge in [0.05, 0.1) is 5.69 Å². The smallest absolute Gasteiger partial charge is 0.224 e. The summed E-state index contributed by atoms with van der Waals surface area (Å²) in [6.45, 7) is 4.05. The molecular weight excluding hydrogens is 400 g/mol. The normalized spacial score (nSPS) is 10.7. The Hall–Kier alpha value is -2.86. The molecule has 6 nitrogen and oxygen atoms in total. The van der Waals surface area contributed by atoms with Gasteiger partial charge in [-0.3, -0.25) is 4.79 Å². The average Bonchev–Trinajstić information content (AvgIpc) is 2.75. The second-order valence-electron chi connectivity index (χ2n) is 7.11. The van der Waals surface area contributed by atoms with Crippen LogP contribution in [0.25, 0.3) is 0 Å². The Morgan fingerprint density at radius 2 is 1.87 bits per heavy atom. The third-order valence-corrected chi connectivity index (χ3v) is 5.06. The van der Waals surface area contributed by atoms with E-state index in [0.717, 1.165) is 55.8 Å². The molecule has 0 saturated carbocycles. The van der Waals surface area contributed by atoms with Crippen LogP contribution in [0.15, 0.2) is 59.7 Å². The van der Waals surface area contributed by atoms with Gasteiger partial charge in [-0.1, -0.05) is 43.2 Å². The van der Waals surface area contributed by atoms with Crippen LogP contribution in [-0.2, 0) is 13.2 Å². The van der Waals surface area contributed by atoms with Crippen molar-refractivity contribution in [1.29, 1.82) is 0 Å². The zero-order chi connectivity index (χ0) is 21.2. The molecule has 0 aliphatic rings. The standard InChI is InChI=1S/C23H27ClN4O2/c1-18-22(30-17-19-9-5-4-6-10-19)20(29)12-16-28(18)15-8-3-2-7-13-25-21-11-14-26-23(24)27-21/h4-6,9-12,14,16H,2-3,7-8,13,15,17H2,1H3,(H,25,26,27). The molecule has 7 heteroatoms. The Balaban J connectivity index is 1.41. The SMILES string of the molecule is Cc1c(OCc2ccccc2)c(=O)ccn1CCCCCCNc1ccnc(Cl)n1. The number of halogens is 1. The molecule has 1 N–H and O–H groups in total. The first-order valence-electron chi connectivity index (χ1n) is 10.2. The second kappa shape index (κ2) is 11.4. The summed E-state index contributed by atoms with van der Waals surface area (Å²) in [5.74, 6) is 1.19. The number of benzene rings is 1. The van der Waals surface area contributed by atoms with Gasteiger partial charge in [0.15, 0.2) is 5.75 Å². The average molecular weight is 427 g/mol. The highest BCUT2D eigenvalue weighted by atomic mass is 35.5. The van der Waals surface area contributed by atoms with Crippen LogP contribution in [0.3, 0.4) is 0 Å². The monoisotopic (exact) mass is 426 g/mol. The number of aromatic nitrogens is 3. The van der Waals surface area contributed by atoms with Gasteiger partial charge in [0.25, 0.3) is 0 Å². The highest BCUT2D eigenvalue weighted by molar-refractivity contribution is 6.28. The van der Waals surface area contributed by atoms with Crippen LogP contribution < -0.4 is 15.5 Å². The summed E-state index contributed by atoms with van der Waals surface area (Å²) in [5.41, 5.74) is 1.85. The van der Waals surface area contributed by atoms with E-state index in [4.69, 9.17) is 16.3 Å². The van der Waals surface area contributed by atoms with Gasteiger partial charge in [-0.25, -0.2) is 9.97 Å². The van der Waals surface area contributed by atoms with E-state index in [-0.39, 0.29) is 10.7 Å². The maximum absolute atomic E-state index is 12.2. The Kier molecular flexibility index (Phi) is 8.27. The summed E-state index contributed by atoms with van der Waals surface area (Å²) in [5, 5.41) is 3.51. The summed E-state index contributed by atoms with van der Waals surface area (Å²) >= 11 is 5.78. The lowest BCUT2D eigenvalue weighted by molar-refractivity contribution is 0.296. The van der Waals surface area contributed by atoms with Crippen LogP contribution in [0.4, 0.5) is 5.82 Å². The number of nitrogens with zero attached hydrogens (tertiary/aromatic N) is 3. The number of hydrogen-bond acceptors (Lipinski definition) is 5. The quantitative estimate of drug-likeness (QED) is 0.350. The Morgan fingerprint density at radius 1 is 1.07 bits per heavy atom. The summed E-state index contributed by atoms with van der Waals surface area (Å²) in [6, 6.07) is 13.3. The molecule has 0 aliphatic carbocycles. The Bertz CT molecular complexity index is 992. The molecule has 2 aromatic heterocycles. The second-order valence-corrected chi connectivity index (χ2v) is 7.45. The topological polar surface area (TPSA) is 69.0 Å². The molecule has 1 aromatic carbocycles. The van der Waals surface area contributed by atoms with Crippen molar-refractivity contribution in [3.63, 3.8) is 0 Å². The number of ether oxygens (including phenoxy) is 1. The molecule has 0 fully saturated rings. The third-order valence-electron chi connectivity index (χ3n) is 4.87. The van der Waals surface area contributed by atoms with Crippen LogP contribution in [0.5, 0.6) is 5.75 Å². The molecule has 0 amide bonds. The van der Waals surface area contributed by atoms with Crippen molar-refractivity contribution in [2.45, 2.75) is 45.8 Å². The zero-order valence-corrected chi connectivity index (χ0v) is 17.9. The maximum atomic E-state index is 12.2. The predicted octanol–water partition coefficient (Wildman–Crippen LogP) is 4.85. The highest BCUT2D eigenvalue weighted by Gasteiger charge is 2.09. The van der Waals surface area contributed by atoms with Crippen molar-refractivity contribution in [2.24, 2.45) is 0 Å². The van der Waals surface area contributed by atoms with Crippen molar-refractivity contribution >= 4 is 17.4 Å². The molecule has 0 unspecified atom stereocenters. The Morgan fingerprint density at radius 3 is 2.67 bits per heavy atom. The minimum atomic E-state index is -0.0735. The van der Waals surface area contributed by atoms with Gasteiger partial charge >= 0.3 is 0 Å². The molecule has 0 radical (unpaired) electrons. The number of nitrogens with one attached hydrogen (secondary N) is 1. The van der Waals surface area contributed by atoms with E-state index >= 15 is 0 Å². The van der Waals surface area contributed by atoms with Gasteiger partial charge in [-0.05, 0) is 43.0 Å². The summed E-state index contributed by atoms with van der Waals surface area (Å²) in [6.07, 6.45) is 7.81. The molecule has 2 heterocycles. The van der Waals surface area contributed by atoms with E-state index in [1.807, 2.05) is 49.5 Å². The largest absolute Gasteiger partial charge is 0.483 e. The lowest BCUT2D eigenvalue weighted by Crippen LogP contribution is -2.15. The molecule has 3 aromatic rings. The minimum Gasteiger partial charge on any atom is -0.483 e. The van der Waals surface area contributed by atoms with E-state index in [9.17, 15) is 4.79 Å². The third kappa shape index (κ3) is 6.59. The van der Waals surface area contributed by atoms with Crippen LogP contribution >= 0.6 is 11.6 Å². The van der Waals surface area contributed by atoms with Crippen molar-refractivity contribution in [3.8, 4) is 5.75 Å². The Labute approximate surface area is 181 Å². The minimum absolute atomic E-state index is 0.0735. The van der Waals surface area contributed by atoms with Gasteiger partial charge in [0, 0.05) is 31.5 Å².